The summed E-state index contributed by atoms with van der Waals surface area (Å²) in [5.74, 6) is 5.89. The summed E-state index contributed by atoms with van der Waals surface area (Å²) in [7, 11) is 6.90. The summed E-state index contributed by atoms with van der Waals surface area (Å²) in [6, 6.07) is 34.3. The molecule has 0 fully saturated rings. The molecule has 4 rings (SSSR count). The van der Waals surface area contributed by atoms with Crippen LogP contribution in [0.25, 0.3) is 0 Å². The Hall–Kier alpha value is -3.92. The molecule has 44 heavy (non-hydrogen) atoms. The molecule has 233 valence electrons. The number of benzene rings is 4. The van der Waals surface area contributed by atoms with Gasteiger partial charge < -0.3 is 18.9 Å². The molecule has 0 saturated heterocycles. The maximum atomic E-state index is 5.44. The molecule has 0 heterocycles. The molecular formula is C40H49O4. The Kier molecular flexibility index (Phi) is 13.5. The van der Waals surface area contributed by atoms with Gasteiger partial charge >= 0.3 is 0 Å². The summed E-state index contributed by atoms with van der Waals surface area (Å²) in [5, 5.41) is 0. The summed E-state index contributed by atoms with van der Waals surface area (Å²) in [6.45, 7) is 0. The molecule has 0 N–H and O–H groups in total. The summed E-state index contributed by atoms with van der Waals surface area (Å²) in [5.41, 5.74) is 5.49. The van der Waals surface area contributed by atoms with Gasteiger partial charge in [0.15, 0.2) is 0 Å². The molecule has 0 bridgehead atoms. The number of hydrogen-bond donors (Lipinski definition) is 0. The first-order valence-corrected chi connectivity index (χ1v) is 16.0. The fourth-order valence-corrected chi connectivity index (χ4v) is 6.00. The van der Waals surface area contributed by atoms with Crippen LogP contribution in [0.15, 0.2) is 97.1 Å². The zero-order chi connectivity index (χ0) is 31.0. The lowest BCUT2D eigenvalue weighted by molar-refractivity contribution is 0.411. The Morgan fingerprint density at radius 1 is 0.432 bits per heavy atom. The van der Waals surface area contributed by atoms with Crippen molar-refractivity contribution in [3.8, 4) is 23.0 Å². The molecule has 4 aromatic carbocycles. The number of rotatable bonds is 19. The second kappa shape index (κ2) is 18.0. The Labute approximate surface area is 265 Å². The Morgan fingerprint density at radius 2 is 0.750 bits per heavy atom. The van der Waals surface area contributed by atoms with E-state index in [2.05, 4.69) is 97.1 Å². The maximum Gasteiger partial charge on any atom is 0.118 e. The van der Waals surface area contributed by atoms with Crippen molar-refractivity contribution in [1.82, 2.24) is 0 Å². The number of hydrogen-bond acceptors (Lipinski definition) is 4. The standard InChI is InChI=1S/C40H49O4/c1-41-37-22-14-31(15-23-37)8-5-11-35(12-6-9-32-16-24-38(42-2)25-17-32)36(30-34-20-28-40(44-4)29-21-34)13-7-10-33-18-26-39(43-3)27-19-33/h14-29,36H,5-13,30H2,1-4H3. The largest absolute Gasteiger partial charge is 0.497 e. The van der Waals surface area contributed by atoms with Crippen molar-refractivity contribution < 1.29 is 18.9 Å². The van der Waals surface area contributed by atoms with Crippen molar-refractivity contribution in [2.24, 2.45) is 5.92 Å². The molecular weight excluding hydrogens is 544 g/mol. The number of methoxy groups -OCH3 is 4. The predicted octanol–water partition coefficient (Wildman–Crippen LogP) is 9.52. The second-order valence-electron chi connectivity index (χ2n) is 11.6. The minimum atomic E-state index is 0.536. The van der Waals surface area contributed by atoms with Gasteiger partial charge in [0.2, 0.25) is 0 Å². The van der Waals surface area contributed by atoms with E-state index >= 15 is 0 Å². The zero-order valence-corrected chi connectivity index (χ0v) is 27.0. The zero-order valence-electron chi connectivity index (χ0n) is 27.0. The minimum absolute atomic E-state index is 0.536. The SMILES string of the molecule is COc1ccc(CCC[C](CCCc2ccc(OC)cc2)C(CCCc2ccc(OC)cc2)Cc2ccc(OC)cc2)cc1. The first-order chi connectivity index (χ1) is 21.6. The van der Waals surface area contributed by atoms with Crippen molar-refractivity contribution >= 4 is 0 Å². The third-order valence-electron chi connectivity index (χ3n) is 8.64. The van der Waals surface area contributed by atoms with Gasteiger partial charge in [-0.15, -0.1) is 0 Å². The van der Waals surface area contributed by atoms with Crippen molar-refractivity contribution in [2.75, 3.05) is 28.4 Å². The van der Waals surface area contributed by atoms with E-state index in [1.807, 2.05) is 0 Å². The van der Waals surface area contributed by atoms with Gasteiger partial charge in [-0.25, -0.2) is 0 Å². The van der Waals surface area contributed by atoms with Crippen LogP contribution in [0, 0.1) is 11.8 Å². The molecule has 0 spiro atoms. The molecule has 1 radical (unpaired) electrons. The average Bonchev–Trinajstić information content (AvgIpc) is 3.08. The van der Waals surface area contributed by atoms with Crippen LogP contribution in [-0.4, -0.2) is 28.4 Å². The maximum absolute atomic E-state index is 5.44. The topological polar surface area (TPSA) is 36.9 Å². The average molecular weight is 594 g/mol. The van der Waals surface area contributed by atoms with Crippen LogP contribution < -0.4 is 18.9 Å². The highest BCUT2D eigenvalue weighted by molar-refractivity contribution is 5.30. The van der Waals surface area contributed by atoms with Gasteiger partial charge in [0, 0.05) is 0 Å². The molecule has 4 aromatic rings. The minimum Gasteiger partial charge on any atom is -0.497 e. The fraction of sp³-hybridized carbons (Fsp3) is 0.375. The summed E-state index contributed by atoms with van der Waals surface area (Å²) in [6.07, 6.45) is 11.2. The molecule has 0 saturated carbocycles. The van der Waals surface area contributed by atoms with E-state index in [-0.39, 0.29) is 0 Å². The summed E-state index contributed by atoms with van der Waals surface area (Å²) < 4.78 is 21.5. The predicted molar refractivity (Wildman–Crippen MR) is 181 cm³/mol. The fourth-order valence-electron chi connectivity index (χ4n) is 6.00. The molecule has 0 aliphatic carbocycles. The third kappa shape index (κ3) is 10.7. The van der Waals surface area contributed by atoms with Crippen molar-refractivity contribution in [3.63, 3.8) is 0 Å². The lowest BCUT2D eigenvalue weighted by Crippen LogP contribution is -2.17. The Balaban J connectivity index is 1.46. The highest BCUT2D eigenvalue weighted by Gasteiger charge is 2.22. The smallest absolute Gasteiger partial charge is 0.118 e. The molecule has 0 aliphatic rings. The van der Waals surface area contributed by atoms with Crippen LogP contribution in [0.3, 0.4) is 0 Å². The van der Waals surface area contributed by atoms with Crippen molar-refractivity contribution in [2.45, 2.75) is 64.2 Å². The van der Waals surface area contributed by atoms with Gasteiger partial charge in [-0.1, -0.05) is 48.5 Å². The van der Waals surface area contributed by atoms with Crippen molar-refractivity contribution in [3.05, 3.63) is 125 Å². The molecule has 4 nitrogen and oxygen atoms in total. The van der Waals surface area contributed by atoms with Crippen molar-refractivity contribution in [1.29, 1.82) is 0 Å². The first-order valence-electron chi connectivity index (χ1n) is 16.0. The second-order valence-corrected chi connectivity index (χ2v) is 11.6. The third-order valence-corrected chi connectivity index (χ3v) is 8.64. The van der Waals surface area contributed by atoms with E-state index in [1.165, 1.54) is 28.7 Å². The van der Waals surface area contributed by atoms with Crippen LogP contribution in [0.1, 0.15) is 60.8 Å². The van der Waals surface area contributed by atoms with Gasteiger partial charge in [-0.3, -0.25) is 0 Å². The van der Waals surface area contributed by atoms with E-state index < -0.39 is 0 Å². The van der Waals surface area contributed by atoms with Gasteiger partial charge in [-0.2, -0.15) is 0 Å². The lowest BCUT2D eigenvalue weighted by Gasteiger charge is -2.28. The van der Waals surface area contributed by atoms with Gasteiger partial charge in [0.25, 0.3) is 0 Å². The normalized spacial score (nSPS) is 11.8. The monoisotopic (exact) mass is 593 g/mol. The van der Waals surface area contributed by atoms with E-state index in [0.717, 1.165) is 80.8 Å². The first kappa shape index (κ1) is 33.0. The molecule has 0 amide bonds. The van der Waals surface area contributed by atoms with E-state index in [9.17, 15) is 0 Å². The highest BCUT2D eigenvalue weighted by atomic mass is 16.5. The van der Waals surface area contributed by atoms with Crippen LogP contribution >= 0.6 is 0 Å². The number of aryl methyl sites for hydroxylation is 3. The van der Waals surface area contributed by atoms with Gasteiger partial charge in [0.05, 0.1) is 28.4 Å². The Bertz CT molecular complexity index is 1280. The number of ether oxygens (including phenoxy) is 4. The van der Waals surface area contributed by atoms with Gasteiger partial charge in [0.1, 0.15) is 23.0 Å². The summed E-state index contributed by atoms with van der Waals surface area (Å²) >= 11 is 0. The van der Waals surface area contributed by atoms with Gasteiger partial charge in [-0.05, 0) is 147 Å². The van der Waals surface area contributed by atoms with Crippen LogP contribution in [-0.2, 0) is 25.7 Å². The lowest BCUT2D eigenvalue weighted by atomic mass is 9.77. The van der Waals surface area contributed by atoms with E-state index in [4.69, 9.17) is 18.9 Å². The quantitative estimate of drug-likeness (QED) is 0.108. The summed E-state index contributed by atoms with van der Waals surface area (Å²) in [4.78, 5) is 0. The molecule has 4 heteroatoms. The molecule has 0 aliphatic heterocycles. The molecule has 1 unspecified atom stereocenters. The highest BCUT2D eigenvalue weighted by Crippen LogP contribution is 2.34. The van der Waals surface area contributed by atoms with E-state index in [0.29, 0.717) is 5.92 Å². The Morgan fingerprint density at radius 3 is 1.09 bits per heavy atom. The molecule has 0 aromatic heterocycles. The van der Waals surface area contributed by atoms with Crippen LogP contribution in [0.4, 0.5) is 0 Å². The van der Waals surface area contributed by atoms with E-state index in [1.54, 1.807) is 34.4 Å². The van der Waals surface area contributed by atoms with Crippen LogP contribution in [0.2, 0.25) is 0 Å². The molecule has 1 atom stereocenters. The van der Waals surface area contributed by atoms with Crippen LogP contribution in [0.5, 0.6) is 23.0 Å².